The second-order valence-electron chi connectivity index (χ2n) is 9.12. The lowest BCUT2D eigenvalue weighted by atomic mass is 10.1. The van der Waals surface area contributed by atoms with Gasteiger partial charge in [0.15, 0.2) is 0 Å². The second-order valence-corrected chi connectivity index (χ2v) is 11.3. The molecule has 2 fully saturated rings. The van der Waals surface area contributed by atoms with E-state index in [0.29, 0.717) is 15.2 Å². The van der Waals surface area contributed by atoms with Crippen LogP contribution in [0.3, 0.4) is 0 Å². The molecule has 0 radical (unpaired) electrons. The molecule has 0 bridgehead atoms. The third-order valence-corrected chi connectivity index (χ3v) is 8.27. The molecule has 2 atom stereocenters. The minimum absolute atomic E-state index is 0.127. The van der Waals surface area contributed by atoms with E-state index in [-0.39, 0.29) is 11.7 Å². The van der Waals surface area contributed by atoms with E-state index in [1.165, 1.54) is 24.2 Å². The van der Waals surface area contributed by atoms with E-state index in [1.807, 2.05) is 37.4 Å². The molecule has 8 nitrogen and oxygen atoms in total. The van der Waals surface area contributed by atoms with Gasteiger partial charge in [0, 0.05) is 24.2 Å². The highest BCUT2D eigenvalue weighted by Gasteiger charge is 2.21. The molecule has 35 heavy (non-hydrogen) atoms. The van der Waals surface area contributed by atoms with Crippen LogP contribution in [0, 0.1) is 6.92 Å². The van der Waals surface area contributed by atoms with Crippen molar-refractivity contribution >= 4 is 40.6 Å². The maximum Gasteiger partial charge on any atom is 0.266 e. The number of aromatic amines is 1. The van der Waals surface area contributed by atoms with Crippen LogP contribution in [-0.2, 0) is 0 Å². The molecule has 0 amide bonds. The van der Waals surface area contributed by atoms with E-state index in [2.05, 4.69) is 37.5 Å². The first-order valence-electron chi connectivity index (χ1n) is 12.0. The number of thiazole rings is 2. The first kappa shape index (κ1) is 24.1. The Balaban J connectivity index is 1.27. The molecule has 2 saturated heterocycles. The number of aromatic nitrogens is 2. The van der Waals surface area contributed by atoms with Gasteiger partial charge in [-0.1, -0.05) is 6.42 Å². The van der Waals surface area contributed by atoms with Crippen LogP contribution < -0.4 is 24.8 Å². The van der Waals surface area contributed by atoms with Crippen molar-refractivity contribution < 1.29 is 4.74 Å². The lowest BCUT2D eigenvalue weighted by Crippen LogP contribution is -2.26. The smallest absolute Gasteiger partial charge is 0.266 e. The second kappa shape index (κ2) is 10.9. The molecule has 0 aliphatic carbocycles. The number of rotatable bonds is 6. The normalized spacial score (nSPS) is 22.5. The number of nitrogens with zero attached hydrogens (tertiary/aromatic N) is 4. The molecular weight excluding hydrogens is 480 g/mol. The summed E-state index contributed by atoms with van der Waals surface area (Å²) < 4.78 is 7.38. The molecule has 10 heteroatoms. The number of ether oxygens (including phenoxy) is 1. The molecule has 0 saturated carbocycles. The van der Waals surface area contributed by atoms with Crippen LogP contribution in [0.25, 0.3) is 12.3 Å². The zero-order valence-electron chi connectivity index (χ0n) is 20.0. The molecule has 2 unspecified atom stereocenters. The highest BCUT2D eigenvalue weighted by Crippen LogP contribution is 2.27. The molecule has 0 spiro atoms. The van der Waals surface area contributed by atoms with Crippen molar-refractivity contribution in [3.63, 3.8) is 0 Å². The maximum atomic E-state index is 12.4. The Labute approximate surface area is 212 Å². The maximum absolute atomic E-state index is 12.4. The SMILES string of the molecule is Cc1cc(OC2CCN(C)C2)ccc1N=NC=c1[nH]c(=O)c(=Cc2cnc(C3CCCCN3)s2)s1. The zero-order valence-corrected chi connectivity index (χ0v) is 21.6. The van der Waals surface area contributed by atoms with Crippen molar-refractivity contribution in [3.05, 3.63) is 59.4 Å². The van der Waals surface area contributed by atoms with E-state index >= 15 is 0 Å². The monoisotopic (exact) mass is 510 g/mol. The van der Waals surface area contributed by atoms with Crippen LogP contribution in [0.2, 0.25) is 0 Å². The fourth-order valence-electron chi connectivity index (χ4n) is 4.38. The lowest BCUT2D eigenvalue weighted by molar-refractivity contribution is 0.208. The number of H-pyrrole nitrogens is 1. The van der Waals surface area contributed by atoms with Gasteiger partial charge in [-0.05, 0) is 69.6 Å². The molecule has 1 aromatic carbocycles. The zero-order chi connectivity index (χ0) is 24.2. The van der Waals surface area contributed by atoms with Gasteiger partial charge in [0.05, 0.1) is 22.5 Å². The Morgan fingerprint density at radius 1 is 1.26 bits per heavy atom. The summed E-state index contributed by atoms with van der Waals surface area (Å²) in [6.07, 6.45) is 10.2. The fraction of sp³-hybridized carbons (Fsp3) is 0.440. The average molecular weight is 511 g/mol. The van der Waals surface area contributed by atoms with Crippen LogP contribution >= 0.6 is 22.7 Å². The van der Waals surface area contributed by atoms with Gasteiger partial charge in [-0.15, -0.1) is 22.7 Å². The molecule has 3 aromatic rings. The average Bonchev–Trinajstić information content (AvgIpc) is 3.57. The van der Waals surface area contributed by atoms with Crippen LogP contribution in [0.15, 0.2) is 39.4 Å². The number of benzene rings is 1. The predicted molar refractivity (Wildman–Crippen MR) is 141 cm³/mol. The van der Waals surface area contributed by atoms with E-state index in [4.69, 9.17) is 4.74 Å². The van der Waals surface area contributed by atoms with E-state index in [1.54, 1.807) is 17.5 Å². The number of likely N-dealkylation sites (N-methyl/N-ethyl adjacent to an activating group) is 1. The van der Waals surface area contributed by atoms with Gasteiger partial charge >= 0.3 is 0 Å². The van der Waals surface area contributed by atoms with Gasteiger partial charge in [0.1, 0.15) is 21.5 Å². The summed E-state index contributed by atoms with van der Waals surface area (Å²) in [6.45, 7) is 5.06. The van der Waals surface area contributed by atoms with Gasteiger partial charge in [0.2, 0.25) is 0 Å². The van der Waals surface area contributed by atoms with Gasteiger partial charge in [0.25, 0.3) is 5.56 Å². The molecule has 2 N–H and O–H groups in total. The molecule has 5 rings (SSSR count). The van der Waals surface area contributed by atoms with E-state index in [0.717, 1.165) is 59.4 Å². The van der Waals surface area contributed by atoms with Crippen LogP contribution in [0.5, 0.6) is 5.75 Å². The van der Waals surface area contributed by atoms with Crippen molar-refractivity contribution in [1.82, 2.24) is 20.2 Å². The molecule has 2 aliphatic rings. The predicted octanol–water partition coefficient (Wildman–Crippen LogP) is 3.45. The molecular formula is C25H30N6O2S2. The number of likely N-dealkylation sites (tertiary alicyclic amines) is 1. The van der Waals surface area contributed by atoms with Crippen molar-refractivity contribution in [2.45, 2.75) is 44.8 Å². The molecule has 2 aromatic heterocycles. The highest BCUT2D eigenvalue weighted by molar-refractivity contribution is 7.13. The number of nitrogens with one attached hydrogen (secondary N) is 2. The first-order valence-corrected chi connectivity index (χ1v) is 13.6. The van der Waals surface area contributed by atoms with Crippen molar-refractivity contribution in [2.75, 3.05) is 26.7 Å². The van der Waals surface area contributed by atoms with E-state index in [9.17, 15) is 4.79 Å². The standard InChI is InChI=1S/C25H30N6O2S2/c1-16-11-17(33-18-8-10-31(2)15-18)6-7-20(16)30-28-14-23-29-24(32)22(35-23)12-19-13-27-25(34-19)21-5-3-4-9-26-21/h6-7,11-14,18,21,26H,3-5,8-10,15H2,1-2H3,(H,29,32). The lowest BCUT2D eigenvalue weighted by Gasteiger charge is -2.20. The van der Waals surface area contributed by atoms with Gasteiger partial charge < -0.3 is 19.9 Å². The van der Waals surface area contributed by atoms with Crippen molar-refractivity contribution in [1.29, 1.82) is 0 Å². The summed E-state index contributed by atoms with van der Waals surface area (Å²) in [7, 11) is 2.11. The Bertz CT molecular complexity index is 1370. The summed E-state index contributed by atoms with van der Waals surface area (Å²) >= 11 is 3.01. The largest absolute Gasteiger partial charge is 0.489 e. The quantitative estimate of drug-likeness (QED) is 0.496. The summed E-state index contributed by atoms with van der Waals surface area (Å²) in [6, 6.07) is 6.18. The number of piperidine rings is 1. The summed E-state index contributed by atoms with van der Waals surface area (Å²) in [5.41, 5.74) is 1.64. The first-order chi connectivity index (χ1) is 17.0. The summed E-state index contributed by atoms with van der Waals surface area (Å²) in [4.78, 5) is 23.1. The third-order valence-electron chi connectivity index (χ3n) is 6.26. The number of aryl methyl sites for hydroxylation is 1. The number of azo groups is 1. The minimum atomic E-state index is -0.127. The molecule has 2 aliphatic heterocycles. The van der Waals surface area contributed by atoms with Crippen molar-refractivity contribution in [3.8, 4) is 5.75 Å². The Morgan fingerprint density at radius 2 is 2.17 bits per heavy atom. The van der Waals surface area contributed by atoms with Crippen molar-refractivity contribution in [2.24, 2.45) is 10.2 Å². The highest BCUT2D eigenvalue weighted by atomic mass is 32.1. The third kappa shape index (κ3) is 6.13. The van der Waals surface area contributed by atoms with E-state index < -0.39 is 0 Å². The summed E-state index contributed by atoms with van der Waals surface area (Å²) in [5, 5.41) is 13.1. The van der Waals surface area contributed by atoms with Crippen LogP contribution in [-0.4, -0.2) is 47.7 Å². The van der Waals surface area contributed by atoms with Crippen LogP contribution in [0.4, 0.5) is 5.69 Å². The molecule has 4 heterocycles. The van der Waals surface area contributed by atoms with Crippen LogP contribution in [0.1, 0.15) is 47.2 Å². The number of hydrogen-bond acceptors (Lipinski definition) is 9. The van der Waals surface area contributed by atoms with Gasteiger partial charge in [-0.2, -0.15) is 10.2 Å². The van der Waals surface area contributed by atoms with Gasteiger partial charge in [-0.3, -0.25) is 4.79 Å². The van der Waals surface area contributed by atoms with Gasteiger partial charge in [-0.25, -0.2) is 4.98 Å². The Kier molecular flexibility index (Phi) is 7.52. The fourth-order valence-corrected chi connectivity index (χ4v) is 6.24. The summed E-state index contributed by atoms with van der Waals surface area (Å²) in [5.74, 6) is 0.860. The number of hydrogen-bond donors (Lipinski definition) is 2. The minimum Gasteiger partial charge on any atom is -0.489 e. The Hall–Kier alpha value is -2.66. The molecule has 184 valence electrons. The Morgan fingerprint density at radius 3 is 2.94 bits per heavy atom. The topological polar surface area (TPSA) is 95.0 Å².